The second-order valence-corrected chi connectivity index (χ2v) is 5.41. The fourth-order valence-electron chi connectivity index (χ4n) is 1.88. The third-order valence-electron chi connectivity index (χ3n) is 3.05. The fraction of sp³-hybridized carbons (Fsp3) is 0.294. The maximum Gasteiger partial charge on any atom is 0.262 e. The Labute approximate surface area is 145 Å². The lowest BCUT2D eigenvalue weighted by Crippen LogP contribution is -2.20. The zero-order valence-electron chi connectivity index (χ0n) is 13.5. The van der Waals surface area contributed by atoms with E-state index in [2.05, 4.69) is 10.3 Å². The molecule has 2 rings (SSSR count). The van der Waals surface area contributed by atoms with Crippen molar-refractivity contribution in [3.8, 4) is 11.6 Å². The summed E-state index contributed by atoms with van der Waals surface area (Å²) in [6.07, 6.45) is 1.52. The van der Waals surface area contributed by atoms with Crippen LogP contribution in [0, 0.1) is 6.92 Å². The number of pyridine rings is 1. The van der Waals surface area contributed by atoms with Gasteiger partial charge in [-0.1, -0.05) is 11.6 Å². The normalized spacial score (nSPS) is 10.3. The first-order chi connectivity index (χ1) is 11.6. The molecule has 6 nitrogen and oxygen atoms in total. The van der Waals surface area contributed by atoms with Crippen LogP contribution in [0.1, 0.15) is 5.56 Å². The molecule has 24 heavy (non-hydrogen) atoms. The zero-order chi connectivity index (χ0) is 17.4. The fourth-order valence-corrected chi connectivity index (χ4v) is 2.11. The van der Waals surface area contributed by atoms with Gasteiger partial charge in [-0.15, -0.1) is 0 Å². The predicted molar refractivity (Wildman–Crippen MR) is 91.9 cm³/mol. The van der Waals surface area contributed by atoms with Crippen molar-refractivity contribution in [2.24, 2.45) is 0 Å². The number of halogens is 1. The number of aromatic nitrogens is 1. The van der Waals surface area contributed by atoms with E-state index in [1.54, 1.807) is 37.4 Å². The topological polar surface area (TPSA) is 69.7 Å². The molecule has 0 unspecified atom stereocenters. The molecule has 0 aliphatic carbocycles. The van der Waals surface area contributed by atoms with E-state index in [0.717, 1.165) is 5.56 Å². The van der Waals surface area contributed by atoms with E-state index in [1.165, 1.54) is 6.20 Å². The van der Waals surface area contributed by atoms with Gasteiger partial charge in [-0.2, -0.15) is 0 Å². The second-order valence-electron chi connectivity index (χ2n) is 4.97. The molecule has 1 aromatic heterocycles. The summed E-state index contributed by atoms with van der Waals surface area (Å²) in [7, 11) is 1.60. The zero-order valence-corrected chi connectivity index (χ0v) is 14.3. The van der Waals surface area contributed by atoms with Gasteiger partial charge in [0.25, 0.3) is 5.91 Å². The molecule has 0 aliphatic heterocycles. The standard InChI is InChI=1S/C17H19ClN2O4/c1-12-9-13(18)3-5-15(12)24-11-16(21)20-14-4-6-17(19-10-14)23-8-7-22-2/h3-6,9-10H,7-8,11H2,1-2H3,(H,20,21). The van der Waals surface area contributed by atoms with Gasteiger partial charge in [-0.25, -0.2) is 4.98 Å². The first kappa shape index (κ1) is 18.0. The molecule has 1 N–H and O–H groups in total. The van der Waals surface area contributed by atoms with E-state index in [-0.39, 0.29) is 12.5 Å². The molecule has 0 aliphatic rings. The molecule has 0 spiro atoms. The van der Waals surface area contributed by atoms with E-state index in [4.69, 9.17) is 25.8 Å². The van der Waals surface area contributed by atoms with Crippen LogP contribution in [-0.2, 0) is 9.53 Å². The lowest BCUT2D eigenvalue weighted by atomic mass is 10.2. The highest BCUT2D eigenvalue weighted by Gasteiger charge is 2.06. The maximum absolute atomic E-state index is 11.9. The average Bonchev–Trinajstić information content (AvgIpc) is 2.56. The van der Waals surface area contributed by atoms with Gasteiger partial charge in [-0.05, 0) is 36.8 Å². The number of methoxy groups -OCH3 is 1. The van der Waals surface area contributed by atoms with E-state index < -0.39 is 0 Å². The summed E-state index contributed by atoms with van der Waals surface area (Å²) < 4.78 is 15.7. The van der Waals surface area contributed by atoms with Crippen molar-refractivity contribution in [1.29, 1.82) is 0 Å². The number of benzene rings is 1. The first-order valence-electron chi connectivity index (χ1n) is 7.35. The molecule has 0 bridgehead atoms. The van der Waals surface area contributed by atoms with Crippen molar-refractivity contribution in [3.05, 3.63) is 47.1 Å². The molecule has 1 aromatic carbocycles. The number of aryl methyl sites for hydroxylation is 1. The van der Waals surface area contributed by atoms with Crippen LogP contribution in [-0.4, -0.2) is 37.8 Å². The molecule has 128 valence electrons. The van der Waals surface area contributed by atoms with Gasteiger partial charge in [0, 0.05) is 18.2 Å². The molecular weight excluding hydrogens is 332 g/mol. The van der Waals surface area contributed by atoms with Crippen LogP contribution in [0.3, 0.4) is 0 Å². The molecule has 1 amide bonds. The molecule has 0 saturated carbocycles. The van der Waals surface area contributed by atoms with Crippen molar-refractivity contribution < 1.29 is 19.0 Å². The Balaban J connectivity index is 1.81. The maximum atomic E-state index is 11.9. The summed E-state index contributed by atoms with van der Waals surface area (Å²) in [6, 6.07) is 8.61. The first-order valence-corrected chi connectivity index (χ1v) is 7.73. The number of amides is 1. The quantitative estimate of drug-likeness (QED) is 0.741. The van der Waals surface area contributed by atoms with Crippen LogP contribution in [0.5, 0.6) is 11.6 Å². The van der Waals surface area contributed by atoms with Gasteiger partial charge < -0.3 is 19.5 Å². The van der Waals surface area contributed by atoms with E-state index in [0.29, 0.717) is 35.6 Å². The van der Waals surface area contributed by atoms with Gasteiger partial charge in [0.2, 0.25) is 5.88 Å². The third kappa shape index (κ3) is 5.72. The van der Waals surface area contributed by atoms with Gasteiger partial charge in [-0.3, -0.25) is 4.79 Å². The number of anilines is 1. The number of carbonyl (C=O) groups is 1. The predicted octanol–water partition coefficient (Wildman–Crippen LogP) is 3.09. The second kappa shape index (κ2) is 9.10. The number of hydrogen-bond donors (Lipinski definition) is 1. The number of nitrogens with zero attached hydrogens (tertiary/aromatic N) is 1. The van der Waals surface area contributed by atoms with Crippen LogP contribution >= 0.6 is 11.6 Å². The van der Waals surface area contributed by atoms with E-state index in [1.807, 2.05) is 6.92 Å². The van der Waals surface area contributed by atoms with Gasteiger partial charge in [0.1, 0.15) is 12.4 Å². The molecule has 0 fully saturated rings. The minimum atomic E-state index is -0.279. The summed E-state index contributed by atoms with van der Waals surface area (Å²) in [5, 5.41) is 3.33. The summed E-state index contributed by atoms with van der Waals surface area (Å²) >= 11 is 5.88. The van der Waals surface area contributed by atoms with Crippen LogP contribution in [0.25, 0.3) is 0 Å². The lowest BCUT2D eigenvalue weighted by molar-refractivity contribution is -0.118. The lowest BCUT2D eigenvalue weighted by Gasteiger charge is -2.10. The molecular formula is C17H19ClN2O4. The third-order valence-corrected chi connectivity index (χ3v) is 3.29. The van der Waals surface area contributed by atoms with E-state index in [9.17, 15) is 4.79 Å². The number of nitrogens with one attached hydrogen (secondary N) is 1. The van der Waals surface area contributed by atoms with Crippen LogP contribution in [0.4, 0.5) is 5.69 Å². The largest absolute Gasteiger partial charge is 0.483 e. The van der Waals surface area contributed by atoms with E-state index >= 15 is 0 Å². The minimum Gasteiger partial charge on any atom is -0.483 e. The van der Waals surface area contributed by atoms with Crippen LogP contribution in [0.2, 0.25) is 5.02 Å². The summed E-state index contributed by atoms with van der Waals surface area (Å²) in [6.45, 7) is 2.67. The van der Waals surface area contributed by atoms with Crippen LogP contribution in [0.15, 0.2) is 36.5 Å². The summed E-state index contributed by atoms with van der Waals surface area (Å²) in [5.41, 5.74) is 1.44. The Morgan fingerprint density at radius 3 is 2.71 bits per heavy atom. The minimum absolute atomic E-state index is 0.103. The Bertz CT molecular complexity index is 677. The van der Waals surface area contributed by atoms with Crippen molar-refractivity contribution >= 4 is 23.2 Å². The molecule has 0 radical (unpaired) electrons. The Hall–Kier alpha value is -2.31. The smallest absolute Gasteiger partial charge is 0.262 e. The van der Waals surface area contributed by atoms with Crippen LogP contribution < -0.4 is 14.8 Å². The number of carbonyl (C=O) groups excluding carboxylic acids is 1. The van der Waals surface area contributed by atoms with Gasteiger partial charge >= 0.3 is 0 Å². The molecule has 7 heteroatoms. The van der Waals surface area contributed by atoms with Gasteiger partial charge in [0.15, 0.2) is 6.61 Å². The van der Waals surface area contributed by atoms with Crippen molar-refractivity contribution in [1.82, 2.24) is 4.98 Å². The SMILES string of the molecule is COCCOc1ccc(NC(=O)COc2ccc(Cl)cc2C)cn1. The Kier molecular flexibility index (Phi) is 6.84. The van der Waals surface area contributed by atoms with Crippen molar-refractivity contribution in [2.75, 3.05) is 32.2 Å². The number of ether oxygens (including phenoxy) is 3. The highest BCUT2D eigenvalue weighted by molar-refractivity contribution is 6.30. The summed E-state index contributed by atoms with van der Waals surface area (Å²) in [4.78, 5) is 16.0. The number of rotatable bonds is 8. The number of hydrogen-bond acceptors (Lipinski definition) is 5. The van der Waals surface area contributed by atoms with Crippen molar-refractivity contribution in [3.63, 3.8) is 0 Å². The summed E-state index contributed by atoms with van der Waals surface area (Å²) in [5.74, 6) is 0.812. The molecule has 2 aromatic rings. The molecule has 1 heterocycles. The van der Waals surface area contributed by atoms with Crippen molar-refractivity contribution in [2.45, 2.75) is 6.92 Å². The Morgan fingerprint density at radius 1 is 1.21 bits per heavy atom. The molecule has 0 saturated heterocycles. The monoisotopic (exact) mass is 350 g/mol. The highest BCUT2D eigenvalue weighted by atomic mass is 35.5. The van der Waals surface area contributed by atoms with Gasteiger partial charge in [0.05, 0.1) is 18.5 Å². The highest BCUT2D eigenvalue weighted by Crippen LogP contribution is 2.21. The Morgan fingerprint density at radius 2 is 2.04 bits per heavy atom. The average molecular weight is 351 g/mol. The molecule has 0 atom stereocenters.